The molecule has 2 atom stereocenters. The first-order valence-corrected chi connectivity index (χ1v) is 3.75. The van der Waals surface area contributed by atoms with Crippen molar-refractivity contribution in [2.75, 3.05) is 0 Å². The van der Waals surface area contributed by atoms with Crippen LogP contribution in [0.3, 0.4) is 0 Å². The van der Waals surface area contributed by atoms with E-state index >= 15 is 0 Å². The summed E-state index contributed by atoms with van der Waals surface area (Å²) in [5.74, 6) is -1.02. The molecule has 0 N–H and O–H groups in total. The highest BCUT2D eigenvalue weighted by atomic mass is 16.2. The van der Waals surface area contributed by atoms with Crippen LogP contribution in [0.15, 0.2) is 24.3 Å². The third-order valence-electron chi connectivity index (χ3n) is 2.24. The smallest absolute Gasteiger partial charge is 0.237 e. The minimum atomic E-state index is -0.306. The van der Waals surface area contributed by atoms with E-state index in [1.54, 1.807) is 24.3 Å². The van der Waals surface area contributed by atoms with Crippen LogP contribution in [-0.2, 0) is 9.59 Å². The van der Waals surface area contributed by atoms with Gasteiger partial charge in [0.1, 0.15) is 0 Å². The fourth-order valence-electron chi connectivity index (χ4n) is 1.55. The van der Waals surface area contributed by atoms with Crippen LogP contribution >= 0.6 is 0 Å². The molecule has 1 saturated heterocycles. The zero-order chi connectivity index (χ0) is 8.72. The van der Waals surface area contributed by atoms with Gasteiger partial charge in [-0.15, -0.1) is 0 Å². The highest BCUT2D eigenvalue weighted by Crippen LogP contribution is 2.29. The maximum atomic E-state index is 11.3. The second kappa shape index (κ2) is 2.30. The summed E-state index contributed by atoms with van der Waals surface area (Å²) in [4.78, 5) is 23.6. The lowest BCUT2D eigenvalue weighted by Gasteiger charge is -2.08. The van der Waals surface area contributed by atoms with E-state index in [-0.39, 0.29) is 23.7 Å². The van der Waals surface area contributed by atoms with Gasteiger partial charge in [0.15, 0.2) is 0 Å². The summed E-state index contributed by atoms with van der Waals surface area (Å²) in [5, 5.41) is 0. The summed E-state index contributed by atoms with van der Waals surface area (Å²) >= 11 is 0. The second-order valence-electron chi connectivity index (χ2n) is 2.93. The number of hydrogen-bond acceptors (Lipinski definition) is 2. The minimum absolute atomic E-state index is 0.203. The van der Waals surface area contributed by atoms with E-state index < -0.39 is 0 Å². The number of nitrogens with zero attached hydrogens (tertiary/aromatic N) is 1. The molecular formula is C9H8NO2. The van der Waals surface area contributed by atoms with Crippen LogP contribution in [-0.4, -0.2) is 16.7 Å². The van der Waals surface area contributed by atoms with Gasteiger partial charge >= 0.3 is 0 Å². The lowest BCUT2D eigenvalue weighted by atomic mass is 9.91. The fraction of sp³-hybridized carbons (Fsp3) is 0.222. The number of amides is 2. The molecule has 0 bridgehead atoms. The van der Waals surface area contributed by atoms with E-state index in [0.717, 1.165) is 4.90 Å². The van der Waals surface area contributed by atoms with Gasteiger partial charge in [-0.25, -0.2) is 0 Å². The third kappa shape index (κ3) is 0.763. The molecule has 1 aliphatic heterocycles. The van der Waals surface area contributed by atoms with Gasteiger partial charge in [-0.2, -0.15) is 0 Å². The molecule has 0 saturated carbocycles. The van der Waals surface area contributed by atoms with Crippen LogP contribution in [0.4, 0.5) is 0 Å². The minimum Gasteiger partial charge on any atom is -0.280 e. The van der Waals surface area contributed by atoms with Crippen LogP contribution in [0.2, 0.25) is 0 Å². The number of likely N-dealkylation sites (tertiary alicyclic amines) is 1. The summed E-state index contributed by atoms with van der Waals surface area (Å²) in [7, 11) is 3.39. The molecule has 1 fully saturated rings. The van der Waals surface area contributed by atoms with Crippen LogP contribution < -0.4 is 0 Å². The summed E-state index contributed by atoms with van der Waals surface area (Å²) < 4.78 is 0. The normalized spacial score (nSPS) is 32.9. The largest absolute Gasteiger partial charge is 0.280 e. The van der Waals surface area contributed by atoms with E-state index in [4.69, 9.17) is 0 Å². The van der Waals surface area contributed by atoms with Gasteiger partial charge in [-0.3, -0.25) is 14.5 Å². The van der Waals surface area contributed by atoms with Gasteiger partial charge in [0.2, 0.25) is 11.8 Å². The monoisotopic (exact) mass is 162 g/mol. The van der Waals surface area contributed by atoms with Crippen molar-refractivity contribution in [3.05, 3.63) is 31.4 Å². The molecule has 3 heteroatoms. The molecule has 2 rings (SSSR count). The number of rotatable bonds is 0. The standard InChI is InChI=1S/C9H8NO2/c1-10-8(11)6-4-2-3-5-7(6)9(10)12/h2-7H,1H2. The number of imide groups is 1. The number of hydrogen-bond donors (Lipinski definition) is 0. The molecule has 61 valence electrons. The Morgan fingerprint density at radius 3 is 1.92 bits per heavy atom. The lowest BCUT2D eigenvalue weighted by Crippen LogP contribution is -2.23. The number of fused-ring (bicyclic) bond motifs is 1. The molecule has 12 heavy (non-hydrogen) atoms. The Labute approximate surface area is 70.4 Å². The van der Waals surface area contributed by atoms with E-state index in [1.165, 1.54) is 0 Å². The molecule has 1 heterocycles. The quantitative estimate of drug-likeness (QED) is 0.486. The van der Waals surface area contributed by atoms with Crippen LogP contribution in [0, 0.1) is 18.9 Å². The molecule has 1 aliphatic carbocycles. The number of carbonyl (C=O) groups excluding carboxylic acids is 2. The van der Waals surface area contributed by atoms with Crippen molar-refractivity contribution in [1.29, 1.82) is 0 Å². The zero-order valence-electron chi connectivity index (χ0n) is 6.43. The molecule has 0 aromatic rings. The topological polar surface area (TPSA) is 37.4 Å². The summed E-state index contributed by atoms with van der Waals surface area (Å²) in [5.41, 5.74) is 0. The molecule has 2 aliphatic rings. The molecule has 0 spiro atoms. The Bertz CT molecular complexity index is 274. The second-order valence-corrected chi connectivity index (χ2v) is 2.93. The summed E-state index contributed by atoms with van der Waals surface area (Å²) in [6, 6.07) is 0. The van der Waals surface area contributed by atoms with Gasteiger partial charge < -0.3 is 0 Å². The predicted molar refractivity (Wildman–Crippen MR) is 42.5 cm³/mol. The van der Waals surface area contributed by atoms with Crippen molar-refractivity contribution in [2.24, 2.45) is 11.8 Å². The lowest BCUT2D eigenvalue weighted by molar-refractivity contribution is -0.136. The van der Waals surface area contributed by atoms with E-state index in [9.17, 15) is 9.59 Å². The van der Waals surface area contributed by atoms with Crippen molar-refractivity contribution in [2.45, 2.75) is 0 Å². The molecule has 3 nitrogen and oxygen atoms in total. The Kier molecular flexibility index (Phi) is 1.40. The Morgan fingerprint density at radius 1 is 1.08 bits per heavy atom. The first-order chi connectivity index (χ1) is 5.72. The van der Waals surface area contributed by atoms with Gasteiger partial charge in [0.25, 0.3) is 0 Å². The van der Waals surface area contributed by atoms with E-state index in [1.807, 2.05) is 0 Å². The molecule has 1 radical (unpaired) electrons. The maximum absolute atomic E-state index is 11.3. The van der Waals surface area contributed by atoms with Crippen LogP contribution in [0.5, 0.6) is 0 Å². The summed E-state index contributed by atoms with van der Waals surface area (Å²) in [6.07, 6.45) is 7.06. The van der Waals surface area contributed by atoms with Crippen molar-refractivity contribution in [3.63, 3.8) is 0 Å². The molecule has 2 unspecified atom stereocenters. The Balaban J connectivity index is 2.40. The van der Waals surface area contributed by atoms with Crippen LogP contribution in [0.1, 0.15) is 0 Å². The van der Waals surface area contributed by atoms with Crippen LogP contribution in [0.25, 0.3) is 0 Å². The highest BCUT2D eigenvalue weighted by Gasteiger charge is 2.43. The first-order valence-electron chi connectivity index (χ1n) is 3.75. The Hall–Kier alpha value is -1.38. The van der Waals surface area contributed by atoms with Crippen molar-refractivity contribution in [3.8, 4) is 0 Å². The fourth-order valence-corrected chi connectivity index (χ4v) is 1.55. The SMILES string of the molecule is [CH2]N1C(=O)C2C=CC=CC2C1=O. The molecular weight excluding hydrogens is 154 g/mol. The number of carbonyl (C=O) groups is 2. The van der Waals surface area contributed by atoms with Crippen molar-refractivity contribution >= 4 is 11.8 Å². The maximum Gasteiger partial charge on any atom is 0.237 e. The Morgan fingerprint density at radius 2 is 1.50 bits per heavy atom. The molecule has 0 aromatic carbocycles. The van der Waals surface area contributed by atoms with Gasteiger partial charge in [-0.05, 0) is 0 Å². The first kappa shape index (κ1) is 7.28. The number of allylic oxidation sites excluding steroid dienone is 2. The molecule has 2 amide bonds. The van der Waals surface area contributed by atoms with E-state index in [0.29, 0.717) is 0 Å². The van der Waals surface area contributed by atoms with Gasteiger partial charge in [-0.1, -0.05) is 24.3 Å². The average Bonchev–Trinajstić information content (AvgIpc) is 2.33. The average molecular weight is 162 g/mol. The van der Waals surface area contributed by atoms with Gasteiger partial charge in [0, 0.05) is 7.05 Å². The van der Waals surface area contributed by atoms with Crippen molar-refractivity contribution < 1.29 is 9.59 Å². The van der Waals surface area contributed by atoms with Gasteiger partial charge in [0.05, 0.1) is 11.8 Å². The molecule has 0 aromatic heterocycles. The third-order valence-corrected chi connectivity index (χ3v) is 2.24. The highest BCUT2D eigenvalue weighted by molar-refractivity contribution is 6.07. The van der Waals surface area contributed by atoms with Crippen molar-refractivity contribution in [1.82, 2.24) is 4.90 Å². The summed E-state index contributed by atoms with van der Waals surface area (Å²) in [6.45, 7) is 0. The zero-order valence-corrected chi connectivity index (χ0v) is 6.43. The predicted octanol–water partition coefficient (Wildman–Crippen LogP) is 0.505. The van der Waals surface area contributed by atoms with E-state index in [2.05, 4.69) is 7.05 Å².